The molecule has 0 N–H and O–H groups in total. The van der Waals surface area contributed by atoms with Crippen molar-refractivity contribution in [1.82, 2.24) is 14.7 Å². The fraction of sp³-hybridized carbons (Fsp3) is 0.269. The molecule has 1 aliphatic heterocycles. The van der Waals surface area contributed by atoms with E-state index in [2.05, 4.69) is 0 Å². The minimum Gasteiger partial charge on any atom is -0.491 e. The first-order valence-electron chi connectivity index (χ1n) is 11.2. The van der Waals surface area contributed by atoms with Crippen LogP contribution in [-0.4, -0.2) is 38.1 Å². The van der Waals surface area contributed by atoms with E-state index < -0.39 is 5.82 Å². The normalized spacial score (nSPS) is 15.1. The van der Waals surface area contributed by atoms with Gasteiger partial charge in [0.2, 0.25) is 0 Å². The molecule has 3 aromatic rings. The first kappa shape index (κ1) is 24.2. The van der Waals surface area contributed by atoms with Gasteiger partial charge in [0.25, 0.3) is 5.91 Å². The van der Waals surface area contributed by atoms with Crippen molar-refractivity contribution in [2.75, 3.05) is 13.2 Å². The Hall–Kier alpha value is -2.97. The minimum atomic E-state index is -0.450. The van der Waals surface area contributed by atoms with Crippen LogP contribution in [-0.2, 0) is 4.79 Å². The lowest BCUT2D eigenvalue weighted by atomic mass is 10.1. The Kier molecular flexibility index (Phi) is 7.48. The van der Waals surface area contributed by atoms with E-state index in [1.165, 1.54) is 17.8 Å². The second-order valence-electron chi connectivity index (χ2n) is 8.39. The quantitative estimate of drug-likeness (QED) is 0.270. The Bertz CT molecular complexity index is 1240. The number of hydrogen-bond acceptors (Lipinski definition) is 5. The molecule has 1 saturated heterocycles. The predicted octanol–water partition coefficient (Wildman–Crippen LogP) is 6.32. The lowest BCUT2D eigenvalue weighted by molar-refractivity contribution is -0.122. The molecule has 0 spiro atoms. The molecule has 4 rings (SSSR count). The SMILES string of the molecule is CCCOc1ccc(-c2nn(-c3ccccc3)cc2/C=C2\SC(=S)N(CC(C)C)C2=O)cc1F. The molecule has 0 radical (unpaired) electrons. The Labute approximate surface area is 208 Å². The second kappa shape index (κ2) is 10.5. The Morgan fingerprint density at radius 3 is 2.65 bits per heavy atom. The van der Waals surface area contributed by atoms with Gasteiger partial charge in [-0.3, -0.25) is 9.69 Å². The summed E-state index contributed by atoms with van der Waals surface area (Å²) in [7, 11) is 0. The summed E-state index contributed by atoms with van der Waals surface area (Å²) in [6, 6.07) is 14.5. The van der Waals surface area contributed by atoms with Gasteiger partial charge in [-0.2, -0.15) is 5.10 Å². The van der Waals surface area contributed by atoms with Crippen molar-refractivity contribution in [2.24, 2.45) is 5.92 Å². The van der Waals surface area contributed by atoms with Gasteiger partial charge < -0.3 is 4.74 Å². The lowest BCUT2D eigenvalue weighted by Gasteiger charge is -2.16. The van der Waals surface area contributed by atoms with Crippen molar-refractivity contribution in [3.63, 3.8) is 0 Å². The molecule has 1 fully saturated rings. The molecule has 0 bridgehead atoms. The topological polar surface area (TPSA) is 47.4 Å². The minimum absolute atomic E-state index is 0.114. The number of carbonyl (C=O) groups excluding carboxylic acids is 1. The van der Waals surface area contributed by atoms with Gasteiger partial charge in [-0.1, -0.05) is 63.0 Å². The van der Waals surface area contributed by atoms with Crippen LogP contribution in [0.15, 0.2) is 59.6 Å². The van der Waals surface area contributed by atoms with Crippen LogP contribution in [0.25, 0.3) is 23.0 Å². The van der Waals surface area contributed by atoms with Gasteiger partial charge in [-0.25, -0.2) is 9.07 Å². The van der Waals surface area contributed by atoms with Crippen molar-refractivity contribution < 1.29 is 13.9 Å². The number of para-hydroxylation sites is 1. The van der Waals surface area contributed by atoms with Crippen molar-refractivity contribution in [3.8, 4) is 22.7 Å². The third kappa shape index (κ3) is 5.23. The standard InChI is InChI=1S/C26H26FN3O2S2/c1-4-12-32-22-11-10-18(13-21(22)27)24-19(16-30(28-24)20-8-6-5-7-9-20)14-23-25(31)29(15-17(2)3)26(33)34-23/h5-11,13-14,16-17H,4,12,15H2,1-3H3/b23-14-. The van der Waals surface area contributed by atoms with Crippen LogP contribution in [0.5, 0.6) is 5.75 Å². The zero-order valence-electron chi connectivity index (χ0n) is 19.3. The van der Waals surface area contributed by atoms with E-state index in [4.69, 9.17) is 22.1 Å². The first-order chi connectivity index (χ1) is 16.4. The largest absolute Gasteiger partial charge is 0.491 e. The summed E-state index contributed by atoms with van der Waals surface area (Å²) in [5.41, 5.74) is 2.73. The average molecular weight is 496 g/mol. The van der Waals surface area contributed by atoms with Gasteiger partial charge in [0.15, 0.2) is 11.6 Å². The van der Waals surface area contributed by atoms with Crippen LogP contribution in [0.3, 0.4) is 0 Å². The Morgan fingerprint density at radius 1 is 1.21 bits per heavy atom. The second-order valence-corrected chi connectivity index (χ2v) is 10.1. The highest BCUT2D eigenvalue weighted by Gasteiger charge is 2.32. The van der Waals surface area contributed by atoms with Gasteiger partial charge in [-0.15, -0.1) is 0 Å². The molecule has 0 unspecified atom stereocenters. The Morgan fingerprint density at radius 2 is 1.97 bits per heavy atom. The number of amides is 1. The van der Waals surface area contributed by atoms with Gasteiger partial charge in [0.1, 0.15) is 10.0 Å². The molecule has 0 aliphatic carbocycles. The molecular formula is C26H26FN3O2S2. The maximum Gasteiger partial charge on any atom is 0.266 e. The molecule has 34 heavy (non-hydrogen) atoms. The van der Waals surface area contributed by atoms with Crippen LogP contribution in [0.2, 0.25) is 0 Å². The van der Waals surface area contributed by atoms with Gasteiger partial charge >= 0.3 is 0 Å². The molecule has 1 aromatic heterocycles. The van der Waals surface area contributed by atoms with Gasteiger partial charge in [-0.05, 0) is 48.7 Å². The average Bonchev–Trinajstić information content (AvgIpc) is 3.35. The van der Waals surface area contributed by atoms with Crippen LogP contribution in [0, 0.1) is 11.7 Å². The molecule has 2 aromatic carbocycles. The summed E-state index contributed by atoms with van der Waals surface area (Å²) in [6.45, 7) is 7.09. The van der Waals surface area contributed by atoms with E-state index in [-0.39, 0.29) is 11.7 Å². The van der Waals surface area contributed by atoms with Gasteiger partial charge in [0.05, 0.1) is 17.2 Å². The van der Waals surface area contributed by atoms with Crippen LogP contribution >= 0.6 is 24.0 Å². The predicted molar refractivity (Wildman–Crippen MR) is 139 cm³/mol. The van der Waals surface area contributed by atoms with E-state index >= 15 is 0 Å². The number of ether oxygens (including phenoxy) is 1. The van der Waals surface area contributed by atoms with E-state index in [0.29, 0.717) is 45.1 Å². The molecule has 0 atom stereocenters. The smallest absolute Gasteiger partial charge is 0.266 e. The number of hydrogen-bond donors (Lipinski definition) is 0. The number of halogens is 1. The molecule has 1 aliphatic rings. The highest BCUT2D eigenvalue weighted by molar-refractivity contribution is 8.26. The van der Waals surface area contributed by atoms with E-state index in [1.807, 2.05) is 57.3 Å². The molecule has 176 valence electrons. The molecule has 8 heteroatoms. The summed E-state index contributed by atoms with van der Waals surface area (Å²) in [6.07, 6.45) is 4.43. The number of thioether (sulfide) groups is 1. The zero-order chi connectivity index (χ0) is 24.2. The van der Waals surface area contributed by atoms with Crippen molar-refractivity contribution >= 4 is 40.3 Å². The number of benzene rings is 2. The molecule has 5 nitrogen and oxygen atoms in total. The van der Waals surface area contributed by atoms with Crippen LogP contribution < -0.4 is 4.74 Å². The van der Waals surface area contributed by atoms with E-state index in [9.17, 15) is 9.18 Å². The highest BCUT2D eigenvalue weighted by atomic mass is 32.2. The van der Waals surface area contributed by atoms with Crippen molar-refractivity contribution in [2.45, 2.75) is 27.2 Å². The fourth-order valence-corrected chi connectivity index (χ4v) is 4.84. The number of aromatic nitrogens is 2. The first-order valence-corrected chi connectivity index (χ1v) is 12.4. The molecular weight excluding hydrogens is 469 g/mol. The zero-order valence-corrected chi connectivity index (χ0v) is 21.0. The highest BCUT2D eigenvalue weighted by Crippen LogP contribution is 2.36. The lowest BCUT2D eigenvalue weighted by Crippen LogP contribution is -2.31. The summed E-state index contributed by atoms with van der Waals surface area (Å²) < 4.78 is 22.5. The van der Waals surface area contributed by atoms with Gasteiger partial charge in [0, 0.05) is 23.9 Å². The molecule has 0 saturated carbocycles. The maximum atomic E-state index is 14.8. The van der Waals surface area contributed by atoms with Crippen LogP contribution in [0.1, 0.15) is 32.8 Å². The summed E-state index contributed by atoms with van der Waals surface area (Å²) in [4.78, 5) is 15.2. The van der Waals surface area contributed by atoms with Crippen LogP contribution in [0.4, 0.5) is 4.39 Å². The number of carbonyl (C=O) groups is 1. The van der Waals surface area contributed by atoms with Crippen molar-refractivity contribution in [1.29, 1.82) is 0 Å². The van der Waals surface area contributed by atoms with E-state index in [0.717, 1.165) is 12.1 Å². The summed E-state index contributed by atoms with van der Waals surface area (Å²) in [5.74, 6) is -0.0510. The molecule has 1 amide bonds. The number of nitrogens with zero attached hydrogens (tertiary/aromatic N) is 3. The Balaban J connectivity index is 1.76. The summed E-state index contributed by atoms with van der Waals surface area (Å²) in [5, 5.41) is 4.73. The number of thiocarbonyl (C=S) groups is 1. The molecule has 2 heterocycles. The van der Waals surface area contributed by atoms with Crippen molar-refractivity contribution in [3.05, 3.63) is 71.0 Å². The fourth-order valence-electron chi connectivity index (χ4n) is 3.57. The third-order valence-corrected chi connectivity index (χ3v) is 6.52. The number of rotatable bonds is 8. The summed E-state index contributed by atoms with van der Waals surface area (Å²) >= 11 is 6.73. The van der Waals surface area contributed by atoms with E-state index in [1.54, 1.807) is 27.8 Å². The maximum absolute atomic E-state index is 14.8. The monoisotopic (exact) mass is 495 g/mol. The third-order valence-electron chi connectivity index (χ3n) is 5.14.